The molecule has 0 bridgehead atoms. The minimum Gasteiger partial charge on any atom is -0.399 e. The quantitative estimate of drug-likeness (QED) is 0.432. The lowest BCUT2D eigenvalue weighted by Crippen LogP contribution is -2.08. The number of nitrogens with zero attached hydrogens (tertiary/aromatic N) is 2. The lowest BCUT2D eigenvalue weighted by Gasteiger charge is -2.12. The molecule has 0 aliphatic rings. The van der Waals surface area contributed by atoms with Gasteiger partial charge < -0.3 is 9.68 Å². The van der Waals surface area contributed by atoms with E-state index in [0.717, 1.165) is 28.8 Å². The first kappa shape index (κ1) is 21.8. The molecule has 0 amide bonds. The van der Waals surface area contributed by atoms with Crippen molar-refractivity contribution in [2.75, 3.05) is 7.11 Å². The van der Waals surface area contributed by atoms with Gasteiger partial charge in [0.25, 0.3) is 0 Å². The Morgan fingerprint density at radius 1 is 1.07 bits per heavy atom. The van der Waals surface area contributed by atoms with Gasteiger partial charge in [0.2, 0.25) is 0 Å². The van der Waals surface area contributed by atoms with Gasteiger partial charge >= 0.3 is 6.18 Å². The molecule has 0 aliphatic heterocycles. The molecule has 0 radical (unpaired) electrons. The molecule has 8 heteroatoms. The predicted octanol–water partition coefficient (Wildman–Crippen LogP) is 5.98. The second-order valence-corrected chi connectivity index (χ2v) is 6.57. The summed E-state index contributed by atoms with van der Waals surface area (Å²) in [5, 5.41) is 7.87. The van der Waals surface area contributed by atoms with Crippen LogP contribution in [0.1, 0.15) is 41.7 Å². The average molecular weight is 413 g/mol. The molecule has 4 nitrogen and oxygen atoms in total. The molecular weight excluding hydrogens is 393 g/mol. The zero-order chi connectivity index (χ0) is 20.9. The minimum atomic E-state index is -4.49. The highest BCUT2D eigenvalue weighted by atomic mass is 35.5. The van der Waals surface area contributed by atoms with Crippen molar-refractivity contribution in [1.29, 1.82) is 0 Å². The molecule has 0 saturated heterocycles. The summed E-state index contributed by atoms with van der Waals surface area (Å²) >= 11 is 5.82. The molecule has 0 aliphatic carbocycles. The molecular formula is C20H20ClF3N2O2. The van der Waals surface area contributed by atoms with Gasteiger partial charge in [-0.2, -0.15) is 13.2 Å². The largest absolute Gasteiger partial charge is 0.416 e. The summed E-state index contributed by atoms with van der Waals surface area (Å²) in [5.41, 5.74) is 3.04. The topological polar surface area (TPSA) is 43.2 Å². The first-order valence-electron chi connectivity index (χ1n) is 8.34. The fourth-order valence-electron chi connectivity index (χ4n) is 2.63. The highest BCUT2D eigenvalue weighted by Crippen LogP contribution is 2.32. The van der Waals surface area contributed by atoms with Crippen LogP contribution in [0.2, 0.25) is 5.02 Å². The van der Waals surface area contributed by atoms with Crippen molar-refractivity contribution in [3.63, 3.8) is 0 Å². The summed E-state index contributed by atoms with van der Waals surface area (Å²) in [6.07, 6.45) is -4.49. The van der Waals surface area contributed by atoms with Gasteiger partial charge in [-0.15, -0.1) is 0 Å². The van der Waals surface area contributed by atoms with Crippen LogP contribution < -0.4 is 0 Å². The van der Waals surface area contributed by atoms with Crippen molar-refractivity contribution >= 4 is 23.0 Å². The summed E-state index contributed by atoms with van der Waals surface area (Å²) in [7, 11) is 1.46. The van der Waals surface area contributed by atoms with Crippen LogP contribution in [0.5, 0.6) is 0 Å². The van der Waals surface area contributed by atoms with Crippen LogP contribution in [-0.2, 0) is 22.5 Å². The average Bonchev–Trinajstić information content (AvgIpc) is 2.61. The number of hydrogen-bond acceptors (Lipinski definition) is 4. The van der Waals surface area contributed by atoms with E-state index < -0.39 is 11.7 Å². The van der Waals surface area contributed by atoms with Gasteiger partial charge in [-0.25, -0.2) is 0 Å². The van der Waals surface area contributed by atoms with Crippen molar-refractivity contribution < 1.29 is 22.8 Å². The second-order valence-electron chi connectivity index (χ2n) is 6.14. The molecule has 28 heavy (non-hydrogen) atoms. The van der Waals surface area contributed by atoms with Gasteiger partial charge in [-0.3, -0.25) is 0 Å². The number of rotatable bonds is 6. The molecule has 2 rings (SSSR count). The van der Waals surface area contributed by atoms with Crippen molar-refractivity contribution in [2.45, 2.75) is 33.6 Å². The molecule has 0 heterocycles. The maximum atomic E-state index is 13.0. The van der Waals surface area contributed by atoms with E-state index in [1.807, 2.05) is 25.1 Å². The van der Waals surface area contributed by atoms with E-state index in [4.69, 9.17) is 21.3 Å². The van der Waals surface area contributed by atoms with Crippen LogP contribution in [0, 0.1) is 6.92 Å². The third-order valence-electron chi connectivity index (χ3n) is 4.08. The molecule has 0 N–H and O–H groups in total. The van der Waals surface area contributed by atoms with Crippen molar-refractivity contribution in [1.82, 2.24) is 0 Å². The highest BCUT2D eigenvalue weighted by molar-refractivity contribution is 6.31. The third-order valence-corrected chi connectivity index (χ3v) is 4.30. The SMILES string of the molecule is CO/N=C(/C)c1cccc(C)c1CO/N=C(\C)c1cc(Cl)cc(C(F)(F)F)c1. The molecule has 0 aromatic heterocycles. The second kappa shape index (κ2) is 9.10. The lowest BCUT2D eigenvalue weighted by atomic mass is 10.00. The lowest BCUT2D eigenvalue weighted by molar-refractivity contribution is -0.137. The predicted molar refractivity (Wildman–Crippen MR) is 104 cm³/mol. The monoisotopic (exact) mass is 412 g/mol. The molecule has 2 aromatic rings. The third kappa shape index (κ3) is 5.48. The van der Waals surface area contributed by atoms with Crippen molar-refractivity contribution in [3.8, 4) is 0 Å². The summed E-state index contributed by atoms with van der Waals surface area (Å²) in [6.45, 7) is 5.41. The molecule has 0 saturated carbocycles. The summed E-state index contributed by atoms with van der Waals surface area (Å²) < 4.78 is 38.9. The van der Waals surface area contributed by atoms with Crippen LogP contribution >= 0.6 is 11.6 Å². The van der Waals surface area contributed by atoms with Crippen LogP contribution in [0.4, 0.5) is 13.2 Å². The summed E-state index contributed by atoms with van der Waals surface area (Å²) in [4.78, 5) is 10.2. The molecule has 150 valence electrons. The van der Waals surface area contributed by atoms with Gasteiger partial charge in [0.05, 0.1) is 17.0 Å². The van der Waals surface area contributed by atoms with E-state index >= 15 is 0 Å². The van der Waals surface area contributed by atoms with E-state index in [2.05, 4.69) is 10.3 Å². The number of hydrogen-bond donors (Lipinski definition) is 0. The van der Waals surface area contributed by atoms with Crippen LogP contribution in [0.3, 0.4) is 0 Å². The summed E-state index contributed by atoms with van der Waals surface area (Å²) in [6, 6.07) is 8.97. The Labute approximate surface area is 166 Å². The molecule has 0 unspecified atom stereocenters. The van der Waals surface area contributed by atoms with Crippen molar-refractivity contribution in [3.05, 3.63) is 69.2 Å². The van der Waals surface area contributed by atoms with Gasteiger partial charge in [-0.05, 0) is 44.5 Å². The Kier molecular flexibility index (Phi) is 7.07. The van der Waals surface area contributed by atoms with Crippen LogP contribution in [0.25, 0.3) is 0 Å². The van der Waals surface area contributed by atoms with Crippen molar-refractivity contribution in [2.24, 2.45) is 10.3 Å². The van der Waals surface area contributed by atoms with E-state index in [9.17, 15) is 13.2 Å². The van der Waals surface area contributed by atoms with Crippen LogP contribution in [-0.4, -0.2) is 18.5 Å². The Morgan fingerprint density at radius 3 is 2.43 bits per heavy atom. The van der Waals surface area contributed by atoms with Gasteiger partial charge in [0.1, 0.15) is 13.7 Å². The molecule has 0 atom stereocenters. The Balaban J connectivity index is 2.25. The molecule has 0 spiro atoms. The standard InChI is InChI=1S/C20H20ClF3N2O2/c1-12-6-5-7-18(14(3)25-27-4)19(12)11-28-26-13(2)15-8-16(20(22,23)24)10-17(21)9-15/h5-10H,11H2,1-4H3/b25-14-,26-13+. The highest BCUT2D eigenvalue weighted by Gasteiger charge is 2.31. The Bertz CT molecular complexity index is 909. The van der Waals surface area contributed by atoms with Gasteiger partial charge in [0.15, 0.2) is 0 Å². The fourth-order valence-corrected chi connectivity index (χ4v) is 2.86. The first-order chi connectivity index (χ1) is 13.1. The summed E-state index contributed by atoms with van der Waals surface area (Å²) in [5.74, 6) is 0. The van der Waals surface area contributed by atoms with Gasteiger partial charge in [0, 0.05) is 21.7 Å². The van der Waals surface area contributed by atoms with Crippen LogP contribution in [0.15, 0.2) is 46.7 Å². The van der Waals surface area contributed by atoms with E-state index in [1.165, 1.54) is 13.2 Å². The fraction of sp³-hybridized carbons (Fsp3) is 0.300. The number of halogens is 4. The molecule has 0 fully saturated rings. The Morgan fingerprint density at radius 2 is 1.79 bits per heavy atom. The minimum absolute atomic E-state index is 0.0213. The maximum absolute atomic E-state index is 13.0. The zero-order valence-corrected chi connectivity index (χ0v) is 16.6. The molecule has 2 aromatic carbocycles. The smallest absolute Gasteiger partial charge is 0.399 e. The Hall–Kier alpha value is -2.54. The van der Waals surface area contributed by atoms with E-state index in [0.29, 0.717) is 5.71 Å². The van der Waals surface area contributed by atoms with E-state index in [1.54, 1.807) is 13.8 Å². The first-order valence-corrected chi connectivity index (χ1v) is 8.72. The number of aryl methyl sites for hydroxylation is 1. The maximum Gasteiger partial charge on any atom is 0.416 e. The zero-order valence-electron chi connectivity index (χ0n) is 15.9. The normalized spacial score (nSPS) is 12.9. The number of oxime groups is 2. The number of alkyl halides is 3. The van der Waals surface area contributed by atoms with Gasteiger partial charge in [-0.1, -0.05) is 40.1 Å². The number of benzene rings is 2. The van der Waals surface area contributed by atoms with E-state index in [-0.39, 0.29) is 22.9 Å².